The fourth-order valence-corrected chi connectivity index (χ4v) is 4.93. The molecule has 4 rings (SSSR count). The van der Waals surface area contributed by atoms with Crippen LogP contribution in [0, 0.1) is 5.92 Å². The van der Waals surface area contributed by atoms with Crippen LogP contribution in [0.15, 0.2) is 48.5 Å². The Morgan fingerprint density at radius 2 is 1.65 bits per heavy atom. The number of aliphatic carboxylic acids is 1. The summed E-state index contributed by atoms with van der Waals surface area (Å²) >= 11 is 0. The standard InChI is InChI=1S/C27H32N2O5/c1-2-3-8-18(15-25(30)28-19-13-17(14-19)26(31)32)29-27(33)34-16-24-22-11-6-4-9-20(22)21-10-5-7-12-23(21)24/h4-7,9-12,17-19,24H,2-3,8,13-16H2,1H3,(H,28,30)(H,29,33)(H,31,32). The van der Waals surface area contributed by atoms with E-state index in [0.29, 0.717) is 19.3 Å². The van der Waals surface area contributed by atoms with E-state index in [4.69, 9.17) is 9.84 Å². The van der Waals surface area contributed by atoms with E-state index in [1.54, 1.807) is 0 Å². The number of rotatable bonds is 10. The molecule has 1 atom stereocenters. The summed E-state index contributed by atoms with van der Waals surface area (Å²) in [6, 6.07) is 15.9. The van der Waals surface area contributed by atoms with E-state index in [9.17, 15) is 14.4 Å². The molecule has 2 amide bonds. The second-order valence-corrected chi connectivity index (χ2v) is 9.28. The molecule has 7 nitrogen and oxygen atoms in total. The normalized spacial score (nSPS) is 19.3. The lowest BCUT2D eigenvalue weighted by atomic mass is 9.80. The number of nitrogens with one attached hydrogen (secondary N) is 2. The van der Waals surface area contributed by atoms with Gasteiger partial charge in [-0.15, -0.1) is 0 Å². The molecule has 0 radical (unpaired) electrons. The zero-order valence-electron chi connectivity index (χ0n) is 19.5. The number of amides is 2. The molecule has 0 heterocycles. The number of fused-ring (bicyclic) bond motifs is 3. The van der Waals surface area contributed by atoms with E-state index in [2.05, 4.69) is 41.8 Å². The molecule has 3 N–H and O–H groups in total. The van der Waals surface area contributed by atoms with Crippen LogP contribution in [0.25, 0.3) is 11.1 Å². The highest BCUT2D eigenvalue weighted by Gasteiger charge is 2.35. The summed E-state index contributed by atoms with van der Waals surface area (Å²) in [5, 5.41) is 14.8. The third-order valence-electron chi connectivity index (χ3n) is 6.86. The van der Waals surface area contributed by atoms with Crippen LogP contribution in [-0.2, 0) is 14.3 Å². The van der Waals surface area contributed by atoms with Crippen molar-refractivity contribution in [2.75, 3.05) is 6.61 Å². The molecular formula is C27H32N2O5. The summed E-state index contributed by atoms with van der Waals surface area (Å²) < 4.78 is 5.64. The number of benzene rings is 2. The van der Waals surface area contributed by atoms with Crippen LogP contribution in [0.1, 0.15) is 62.5 Å². The van der Waals surface area contributed by atoms with Crippen molar-refractivity contribution >= 4 is 18.0 Å². The van der Waals surface area contributed by atoms with Crippen LogP contribution >= 0.6 is 0 Å². The van der Waals surface area contributed by atoms with Gasteiger partial charge < -0.3 is 20.5 Å². The quantitative estimate of drug-likeness (QED) is 0.482. The minimum absolute atomic E-state index is 0.0173. The fraction of sp³-hybridized carbons (Fsp3) is 0.444. The van der Waals surface area contributed by atoms with Gasteiger partial charge in [-0.2, -0.15) is 0 Å². The highest BCUT2D eigenvalue weighted by molar-refractivity contribution is 5.80. The second-order valence-electron chi connectivity index (χ2n) is 9.28. The van der Waals surface area contributed by atoms with Crippen LogP contribution in [0.3, 0.4) is 0 Å². The third-order valence-corrected chi connectivity index (χ3v) is 6.86. The van der Waals surface area contributed by atoms with E-state index >= 15 is 0 Å². The van der Waals surface area contributed by atoms with Crippen molar-refractivity contribution in [1.29, 1.82) is 0 Å². The summed E-state index contributed by atoms with van der Waals surface area (Å²) in [6.45, 7) is 2.29. The molecule has 2 aliphatic carbocycles. The van der Waals surface area contributed by atoms with Gasteiger partial charge in [-0.25, -0.2) is 4.79 Å². The maximum Gasteiger partial charge on any atom is 0.407 e. The lowest BCUT2D eigenvalue weighted by Crippen LogP contribution is -2.48. The number of carbonyl (C=O) groups is 3. The SMILES string of the molecule is CCCCC(CC(=O)NC1CC(C(=O)O)C1)NC(=O)OCC1c2ccccc2-c2ccccc21. The van der Waals surface area contributed by atoms with Crippen LogP contribution in [-0.4, -0.2) is 41.8 Å². The minimum atomic E-state index is -0.816. The summed E-state index contributed by atoms with van der Waals surface area (Å²) in [6.07, 6.45) is 3.06. The van der Waals surface area contributed by atoms with E-state index < -0.39 is 12.1 Å². The van der Waals surface area contributed by atoms with Crippen molar-refractivity contribution in [3.8, 4) is 11.1 Å². The van der Waals surface area contributed by atoms with Gasteiger partial charge in [0.05, 0.1) is 5.92 Å². The molecule has 1 saturated carbocycles. The van der Waals surface area contributed by atoms with Crippen molar-refractivity contribution in [3.63, 3.8) is 0 Å². The highest BCUT2D eigenvalue weighted by atomic mass is 16.5. The predicted octanol–water partition coefficient (Wildman–Crippen LogP) is 4.45. The summed E-state index contributed by atoms with van der Waals surface area (Å²) in [5.74, 6) is -1.38. The van der Waals surface area contributed by atoms with Crippen molar-refractivity contribution in [2.24, 2.45) is 5.92 Å². The largest absolute Gasteiger partial charge is 0.481 e. The van der Waals surface area contributed by atoms with Gasteiger partial charge in [0, 0.05) is 24.4 Å². The number of unbranched alkanes of at least 4 members (excludes halogenated alkanes) is 1. The Bertz CT molecular complexity index is 1000. The first kappa shape index (κ1) is 23.8. The number of hydrogen-bond donors (Lipinski definition) is 3. The topological polar surface area (TPSA) is 105 Å². The van der Waals surface area contributed by atoms with Crippen LogP contribution in [0.2, 0.25) is 0 Å². The van der Waals surface area contributed by atoms with Gasteiger partial charge in [-0.3, -0.25) is 9.59 Å². The summed E-state index contributed by atoms with van der Waals surface area (Å²) in [5.41, 5.74) is 4.65. The molecule has 1 fully saturated rings. The van der Waals surface area contributed by atoms with Crippen LogP contribution in [0.4, 0.5) is 4.79 Å². The lowest BCUT2D eigenvalue weighted by molar-refractivity contribution is -0.146. The molecule has 180 valence electrons. The predicted molar refractivity (Wildman–Crippen MR) is 128 cm³/mol. The monoisotopic (exact) mass is 464 g/mol. The smallest absolute Gasteiger partial charge is 0.407 e. The molecule has 2 aromatic carbocycles. The number of alkyl carbamates (subject to hydrolysis) is 1. The minimum Gasteiger partial charge on any atom is -0.481 e. The number of carbonyl (C=O) groups excluding carboxylic acids is 2. The maximum absolute atomic E-state index is 12.7. The zero-order chi connectivity index (χ0) is 24.1. The van der Waals surface area contributed by atoms with Gasteiger partial charge in [0.2, 0.25) is 5.91 Å². The molecule has 0 saturated heterocycles. The van der Waals surface area contributed by atoms with Crippen LogP contribution in [0.5, 0.6) is 0 Å². The molecular weight excluding hydrogens is 432 g/mol. The van der Waals surface area contributed by atoms with Crippen LogP contribution < -0.4 is 10.6 Å². The van der Waals surface area contributed by atoms with Crippen molar-refractivity contribution in [2.45, 2.75) is 63.5 Å². The first-order chi connectivity index (χ1) is 16.5. The molecule has 0 bridgehead atoms. The number of carboxylic acid groups (broad SMARTS) is 1. The van der Waals surface area contributed by atoms with Crippen molar-refractivity contribution in [1.82, 2.24) is 10.6 Å². The van der Waals surface area contributed by atoms with Gasteiger partial charge in [-0.05, 0) is 41.5 Å². The fourth-order valence-electron chi connectivity index (χ4n) is 4.93. The van der Waals surface area contributed by atoms with Crippen molar-refractivity contribution < 1.29 is 24.2 Å². The Labute approximate surface area is 199 Å². The van der Waals surface area contributed by atoms with Crippen molar-refractivity contribution in [3.05, 3.63) is 59.7 Å². The number of carboxylic acids is 1. The van der Waals surface area contributed by atoms with Gasteiger partial charge in [0.25, 0.3) is 0 Å². The van der Waals surface area contributed by atoms with Gasteiger partial charge in [-0.1, -0.05) is 68.3 Å². The average Bonchev–Trinajstić information content (AvgIpc) is 3.11. The van der Waals surface area contributed by atoms with Gasteiger partial charge in [0.1, 0.15) is 6.61 Å². The Balaban J connectivity index is 1.31. The first-order valence-corrected chi connectivity index (χ1v) is 12.1. The van der Waals surface area contributed by atoms with E-state index in [1.165, 1.54) is 11.1 Å². The van der Waals surface area contributed by atoms with Gasteiger partial charge in [0.15, 0.2) is 0 Å². The Kier molecular flexibility index (Phi) is 7.50. The molecule has 2 aromatic rings. The highest BCUT2D eigenvalue weighted by Crippen LogP contribution is 2.44. The van der Waals surface area contributed by atoms with E-state index in [-0.39, 0.29) is 42.9 Å². The molecule has 1 unspecified atom stereocenters. The summed E-state index contributed by atoms with van der Waals surface area (Å²) in [7, 11) is 0. The third kappa shape index (κ3) is 5.41. The van der Waals surface area contributed by atoms with E-state index in [0.717, 1.165) is 24.0 Å². The Morgan fingerprint density at radius 1 is 1.03 bits per heavy atom. The number of hydrogen-bond acceptors (Lipinski definition) is 4. The first-order valence-electron chi connectivity index (χ1n) is 12.1. The molecule has 0 spiro atoms. The molecule has 34 heavy (non-hydrogen) atoms. The molecule has 0 aliphatic heterocycles. The number of ether oxygens (including phenoxy) is 1. The lowest BCUT2D eigenvalue weighted by Gasteiger charge is -2.33. The van der Waals surface area contributed by atoms with E-state index in [1.807, 2.05) is 24.3 Å². The average molecular weight is 465 g/mol. The maximum atomic E-state index is 12.7. The van der Waals surface area contributed by atoms with Gasteiger partial charge >= 0.3 is 12.1 Å². The Morgan fingerprint density at radius 3 is 2.24 bits per heavy atom. The molecule has 7 heteroatoms. The zero-order valence-corrected chi connectivity index (χ0v) is 19.5. The molecule has 0 aromatic heterocycles. The Hall–Kier alpha value is -3.35. The second kappa shape index (κ2) is 10.7. The summed E-state index contributed by atoms with van der Waals surface area (Å²) in [4.78, 5) is 36.1. The molecule has 2 aliphatic rings.